The van der Waals surface area contributed by atoms with E-state index in [0.29, 0.717) is 0 Å². The van der Waals surface area contributed by atoms with Gasteiger partial charge in [0, 0.05) is 30.2 Å². The van der Waals surface area contributed by atoms with E-state index in [0.717, 1.165) is 35.8 Å². The highest BCUT2D eigenvalue weighted by atomic mass is 16.5. The van der Waals surface area contributed by atoms with Gasteiger partial charge in [-0.2, -0.15) is 0 Å². The molecule has 2 aromatic rings. The van der Waals surface area contributed by atoms with Crippen molar-refractivity contribution in [3.63, 3.8) is 0 Å². The lowest BCUT2D eigenvalue weighted by Gasteiger charge is -2.22. The molecule has 0 heterocycles. The van der Waals surface area contributed by atoms with Gasteiger partial charge in [0.15, 0.2) is 0 Å². The first-order valence-corrected chi connectivity index (χ1v) is 9.13. The molecule has 0 aliphatic carbocycles. The summed E-state index contributed by atoms with van der Waals surface area (Å²) in [6, 6.07) is 13.2. The summed E-state index contributed by atoms with van der Waals surface area (Å²) in [6.45, 7) is 12.1. The maximum Gasteiger partial charge on any atom is 0.323 e. The quantitative estimate of drug-likeness (QED) is 0.711. The summed E-state index contributed by atoms with van der Waals surface area (Å²) >= 11 is 0. The van der Waals surface area contributed by atoms with E-state index in [9.17, 15) is 4.79 Å². The highest BCUT2D eigenvalue weighted by Gasteiger charge is 2.08. The highest BCUT2D eigenvalue weighted by molar-refractivity contribution is 6.00. The minimum absolute atomic E-state index is 0.124. The van der Waals surface area contributed by atoms with Crippen LogP contribution in [0.2, 0.25) is 0 Å². The van der Waals surface area contributed by atoms with E-state index in [1.807, 2.05) is 57.2 Å². The lowest BCUT2D eigenvalue weighted by Crippen LogP contribution is -2.22. The minimum Gasteiger partial charge on any atom is -0.491 e. The van der Waals surface area contributed by atoms with Gasteiger partial charge in [-0.1, -0.05) is 0 Å². The first kappa shape index (κ1) is 19.6. The Morgan fingerprint density at radius 2 is 1.69 bits per heavy atom. The number of carbonyl (C=O) groups is 1. The topological polar surface area (TPSA) is 53.6 Å². The number of anilines is 3. The maximum absolute atomic E-state index is 12.3. The van der Waals surface area contributed by atoms with E-state index < -0.39 is 0 Å². The predicted molar refractivity (Wildman–Crippen MR) is 110 cm³/mol. The number of urea groups is 1. The molecule has 0 bridgehead atoms. The molecule has 5 heteroatoms. The van der Waals surface area contributed by atoms with Crippen molar-refractivity contribution in [1.82, 2.24) is 0 Å². The molecule has 0 saturated carbocycles. The molecule has 0 radical (unpaired) electrons. The average molecular weight is 355 g/mol. The molecule has 26 heavy (non-hydrogen) atoms. The Bertz CT molecular complexity index is 723. The van der Waals surface area contributed by atoms with Gasteiger partial charge in [0.25, 0.3) is 0 Å². The van der Waals surface area contributed by atoms with E-state index in [1.165, 1.54) is 5.69 Å². The average Bonchev–Trinajstić information content (AvgIpc) is 2.59. The van der Waals surface area contributed by atoms with Gasteiger partial charge >= 0.3 is 6.03 Å². The Morgan fingerprint density at radius 3 is 2.23 bits per heavy atom. The van der Waals surface area contributed by atoms with Crippen LogP contribution in [0, 0.1) is 6.92 Å². The molecule has 0 aliphatic heterocycles. The van der Waals surface area contributed by atoms with E-state index in [1.54, 1.807) is 0 Å². The first-order valence-electron chi connectivity index (χ1n) is 9.13. The Kier molecular flexibility index (Phi) is 6.89. The van der Waals surface area contributed by atoms with Gasteiger partial charge < -0.3 is 20.3 Å². The molecule has 0 atom stereocenters. The van der Waals surface area contributed by atoms with Crippen molar-refractivity contribution in [2.75, 3.05) is 28.6 Å². The predicted octanol–water partition coefficient (Wildman–Crippen LogP) is 5.27. The number of carbonyl (C=O) groups excluding carboxylic acids is 1. The van der Waals surface area contributed by atoms with Crippen LogP contribution in [0.1, 0.15) is 33.3 Å². The second-order valence-corrected chi connectivity index (χ2v) is 6.44. The Morgan fingerprint density at radius 1 is 1.04 bits per heavy atom. The standard InChI is InChI=1S/C21H29N3O2/c1-6-24(7-2)18-10-13-20(16(5)14-18)23-21(25)22-17-8-11-19(12-9-17)26-15(3)4/h8-15H,6-7H2,1-5H3,(H2,22,23,25). The second kappa shape index (κ2) is 9.13. The molecule has 2 amide bonds. The Labute approximate surface area is 156 Å². The molecule has 0 saturated heterocycles. The molecule has 0 unspecified atom stereocenters. The molecule has 2 N–H and O–H groups in total. The van der Waals surface area contributed by atoms with Gasteiger partial charge in [-0.25, -0.2) is 4.79 Å². The SMILES string of the molecule is CCN(CC)c1ccc(NC(=O)Nc2ccc(OC(C)C)cc2)c(C)c1. The molecule has 0 aliphatic rings. The van der Waals surface area contributed by atoms with E-state index in [4.69, 9.17) is 4.74 Å². The van der Waals surface area contributed by atoms with Gasteiger partial charge in [0.2, 0.25) is 0 Å². The van der Waals surface area contributed by atoms with Crippen LogP contribution >= 0.6 is 0 Å². The number of nitrogens with zero attached hydrogens (tertiary/aromatic N) is 1. The third kappa shape index (κ3) is 5.41. The number of aryl methyl sites for hydroxylation is 1. The van der Waals surface area contributed by atoms with E-state index >= 15 is 0 Å². The van der Waals surface area contributed by atoms with Gasteiger partial charge in [-0.05, 0) is 82.6 Å². The highest BCUT2D eigenvalue weighted by Crippen LogP contribution is 2.23. The van der Waals surface area contributed by atoms with Crippen molar-refractivity contribution in [3.05, 3.63) is 48.0 Å². The van der Waals surface area contributed by atoms with Crippen LogP contribution in [0.3, 0.4) is 0 Å². The Hall–Kier alpha value is -2.69. The molecule has 2 aromatic carbocycles. The number of nitrogens with one attached hydrogen (secondary N) is 2. The molecule has 140 valence electrons. The third-order valence-corrected chi connectivity index (χ3v) is 4.07. The molecular formula is C21H29N3O2. The number of rotatable bonds is 7. The zero-order chi connectivity index (χ0) is 19.1. The van der Waals surface area contributed by atoms with Crippen molar-refractivity contribution in [1.29, 1.82) is 0 Å². The van der Waals surface area contributed by atoms with Crippen molar-refractivity contribution in [2.24, 2.45) is 0 Å². The first-order chi connectivity index (χ1) is 12.4. The largest absolute Gasteiger partial charge is 0.491 e. The van der Waals surface area contributed by atoms with E-state index in [-0.39, 0.29) is 12.1 Å². The number of hydrogen-bond donors (Lipinski definition) is 2. The molecular weight excluding hydrogens is 326 g/mol. The lowest BCUT2D eigenvalue weighted by molar-refractivity contribution is 0.242. The van der Waals surface area contributed by atoms with Crippen molar-refractivity contribution in [3.8, 4) is 5.75 Å². The number of benzene rings is 2. The van der Waals surface area contributed by atoms with Crippen LogP contribution in [0.15, 0.2) is 42.5 Å². The van der Waals surface area contributed by atoms with Gasteiger partial charge in [-0.3, -0.25) is 0 Å². The fourth-order valence-corrected chi connectivity index (χ4v) is 2.75. The summed E-state index contributed by atoms with van der Waals surface area (Å²) < 4.78 is 5.60. The normalized spacial score (nSPS) is 10.5. The van der Waals surface area contributed by atoms with Crippen molar-refractivity contribution >= 4 is 23.1 Å². The molecule has 2 rings (SSSR count). The zero-order valence-electron chi connectivity index (χ0n) is 16.3. The van der Waals surface area contributed by atoms with Gasteiger partial charge in [0.1, 0.15) is 5.75 Å². The van der Waals surface area contributed by atoms with E-state index in [2.05, 4.69) is 35.4 Å². The summed E-state index contributed by atoms with van der Waals surface area (Å²) in [4.78, 5) is 14.5. The lowest BCUT2D eigenvalue weighted by atomic mass is 10.1. The molecule has 0 spiro atoms. The molecule has 0 aromatic heterocycles. The summed E-state index contributed by atoms with van der Waals surface area (Å²) in [5.74, 6) is 0.786. The maximum atomic E-state index is 12.3. The fraction of sp³-hybridized carbons (Fsp3) is 0.381. The summed E-state index contributed by atoms with van der Waals surface area (Å²) in [5.41, 5.74) is 3.72. The van der Waals surface area contributed by atoms with Crippen molar-refractivity contribution < 1.29 is 9.53 Å². The third-order valence-electron chi connectivity index (χ3n) is 4.07. The van der Waals surface area contributed by atoms with Gasteiger partial charge in [-0.15, -0.1) is 0 Å². The Balaban J connectivity index is 1.99. The second-order valence-electron chi connectivity index (χ2n) is 6.44. The van der Waals surface area contributed by atoms with Crippen LogP contribution in [-0.2, 0) is 0 Å². The number of ether oxygens (including phenoxy) is 1. The fourth-order valence-electron chi connectivity index (χ4n) is 2.75. The summed E-state index contributed by atoms with van der Waals surface area (Å²) in [6.07, 6.45) is 0.124. The van der Waals surface area contributed by atoms with Crippen LogP contribution in [-0.4, -0.2) is 25.2 Å². The smallest absolute Gasteiger partial charge is 0.323 e. The van der Waals surface area contributed by atoms with Crippen LogP contribution in [0.25, 0.3) is 0 Å². The van der Waals surface area contributed by atoms with Gasteiger partial charge in [0.05, 0.1) is 6.10 Å². The van der Waals surface area contributed by atoms with Crippen molar-refractivity contribution in [2.45, 2.75) is 40.7 Å². The molecule has 0 fully saturated rings. The zero-order valence-corrected chi connectivity index (χ0v) is 16.3. The monoisotopic (exact) mass is 355 g/mol. The van der Waals surface area contributed by atoms with Crippen LogP contribution in [0.4, 0.5) is 21.9 Å². The minimum atomic E-state index is -0.263. The summed E-state index contributed by atoms with van der Waals surface area (Å²) in [5, 5.41) is 5.75. The number of hydrogen-bond acceptors (Lipinski definition) is 3. The van der Waals surface area contributed by atoms with Crippen LogP contribution in [0.5, 0.6) is 5.75 Å². The van der Waals surface area contributed by atoms with Crippen LogP contribution < -0.4 is 20.3 Å². The molecule has 5 nitrogen and oxygen atoms in total. The summed E-state index contributed by atoms with van der Waals surface area (Å²) in [7, 11) is 0. The number of amides is 2.